The number of likely N-dealkylation sites (tertiary alicyclic amines) is 1. The number of benzene rings is 1. The van der Waals surface area contributed by atoms with Gasteiger partial charge in [-0.15, -0.1) is 0 Å². The quantitative estimate of drug-likeness (QED) is 0.705. The van der Waals surface area contributed by atoms with Crippen molar-refractivity contribution in [1.82, 2.24) is 4.90 Å². The molecule has 2 atom stereocenters. The molecule has 0 radical (unpaired) electrons. The normalized spacial score (nSPS) is 23.2. The Morgan fingerprint density at radius 3 is 2.32 bits per heavy atom. The van der Waals surface area contributed by atoms with Crippen LogP contribution in [0.25, 0.3) is 0 Å². The monoisotopic (exact) mass is 392 g/mol. The molecule has 0 spiro atoms. The largest absolute Gasteiger partial charge is 0.493 e. The Hall–Kier alpha value is -2.32. The van der Waals surface area contributed by atoms with E-state index in [0.29, 0.717) is 29.4 Å². The summed E-state index contributed by atoms with van der Waals surface area (Å²) < 4.78 is 16.0. The number of imide groups is 1. The molecule has 0 unspecified atom stereocenters. The lowest BCUT2D eigenvalue weighted by atomic mass is 9.97. The van der Waals surface area contributed by atoms with Crippen LogP contribution in [0.2, 0.25) is 0 Å². The van der Waals surface area contributed by atoms with Crippen LogP contribution in [0, 0.1) is 0 Å². The van der Waals surface area contributed by atoms with Crippen LogP contribution in [0.5, 0.6) is 17.2 Å². The molecule has 2 aliphatic rings. The zero-order chi connectivity index (χ0) is 20.3. The minimum absolute atomic E-state index is 0.0760. The summed E-state index contributed by atoms with van der Waals surface area (Å²) >= 11 is 0. The van der Waals surface area contributed by atoms with Gasteiger partial charge < -0.3 is 19.3 Å². The van der Waals surface area contributed by atoms with Gasteiger partial charge in [0.25, 0.3) is 5.91 Å². The van der Waals surface area contributed by atoms with Crippen LogP contribution >= 0.6 is 0 Å². The predicted octanol–water partition coefficient (Wildman–Crippen LogP) is 1.58. The third-order valence-electron chi connectivity index (χ3n) is 5.57. The smallest absolute Gasteiger partial charge is 0.251 e. The maximum Gasteiger partial charge on any atom is 0.251 e. The SMILES string of the molecule is COc1cc(N2C(=O)C[C@H](N3CCCC[C@@H]3CCO)C2=O)cc(OC)c1OC. The molecule has 2 amide bonds. The first kappa shape index (κ1) is 20.4. The van der Waals surface area contributed by atoms with Gasteiger partial charge in [-0.1, -0.05) is 6.42 Å². The number of hydrogen-bond acceptors (Lipinski definition) is 7. The molecule has 1 N–H and O–H groups in total. The summed E-state index contributed by atoms with van der Waals surface area (Å²) in [6.45, 7) is 0.837. The average Bonchev–Trinajstić information content (AvgIpc) is 3.01. The van der Waals surface area contributed by atoms with E-state index in [4.69, 9.17) is 14.2 Å². The predicted molar refractivity (Wildman–Crippen MR) is 103 cm³/mol. The number of methoxy groups -OCH3 is 3. The molecule has 2 aliphatic heterocycles. The van der Waals surface area contributed by atoms with Gasteiger partial charge in [0.15, 0.2) is 11.5 Å². The second-order valence-electron chi connectivity index (χ2n) is 7.07. The molecule has 8 heteroatoms. The van der Waals surface area contributed by atoms with Crippen LogP contribution in [-0.2, 0) is 9.59 Å². The minimum atomic E-state index is -0.497. The van der Waals surface area contributed by atoms with Gasteiger partial charge in [-0.25, -0.2) is 4.90 Å². The molecule has 0 aliphatic carbocycles. The maximum atomic E-state index is 13.2. The average molecular weight is 392 g/mol. The van der Waals surface area contributed by atoms with Gasteiger partial charge in [-0.05, 0) is 25.8 Å². The van der Waals surface area contributed by atoms with Crippen molar-refractivity contribution in [3.8, 4) is 17.2 Å². The Bertz CT molecular complexity index is 710. The highest BCUT2D eigenvalue weighted by Gasteiger charge is 2.45. The summed E-state index contributed by atoms with van der Waals surface area (Å²) in [6.07, 6.45) is 3.75. The van der Waals surface area contributed by atoms with Gasteiger partial charge in [-0.2, -0.15) is 0 Å². The summed E-state index contributed by atoms with van der Waals surface area (Å²) in [6, 6.07) is 2.85. The van der Waals surface area contributed by atoms with Gasteiger partial charge in [0.05, 0.1) is 39.5 Å². The van der Waals surface area contributed by atoms with Crippen molar-refractivity contribution < 1.29 is 28.9 Å². The molecule has 1 aromatic carbocycles. The van der Waals surface area contributed by atoms with Gasteiger partial charge >= 0.3 is 0 Å². The summed E-state index contributed by atoms with van der Waals surface area (Å²) in [5.74, 6) is 0.680. The first-order chi connectivity index (χ1) is 13.5. The van der Waals surface area contributed by atoms with Gasteiger partial charge in [0.2, 0.25) is 11.7 Å². The maximum absolute atomic E-state index is 13.2. The van der Waals surface area contributed by atoms with E-state index in [0.717, 1.165) is 25.8 Å². The van der Waals surface area contributed by atoms with E-state index >= 15 is 0 Å². The molecule has 2 saturated heterocycles. The van der Waals surface area contributed by atoms with Crippen LogP contribution in [-0.4, -0.2) is 68.4 Å². The van der Waals surface area contributed by atoms with E-state index in [2.05, 4.69) is 4.90 Å². The van der Waals surface area contributed by atoms with Crippen molar-refractivity contribution in [3.63, 3.8) is 0 Å². The Morgan fingerprint density at radius 2 is 1.75 bits per heavy atom. The summed E-state index contributed by atoms with van der Waals surface area (Å²) in [4.78, 5) is 29.3. The van der Waals surface area contributed by atoms with Gasteiger partial charge in [-0.3, -0.25) is 14.5 Å². The number of nitrogens with zero attached hydrogens (tertiary/aromatic N) is 2. The molecule has 0 saturated carbocycles. The molecule has 154 valence electrons. The van der Waals surface area contributed by atoms with Gasteiger partial charge in [0.1, 0.15) is 0 Å². The summed E-state index contributed by atoms with van der Waals surface area (Å²) in [5, 5.41) is 9.36. The van der Waals surface area contributed by atoms with E-state index in [1.165, 1.54) is 26.2 Å². The number of hydrogen-bond donors (Lipinski definition) is 1. The fraction of sp³-hybridized carbons (Fsp3) is 0.600. The number of amides is 2. The molecule has 0 aromatic heterocycles. The third-order valence-corrected chi connectivity index (χ3v) is 5.57. The fourth-order valence-corrected chi connectivity index (χ4v) is 4.23. The lowest BCUT2D eigenvalue weighted by molar-refractivity contribution is -0.123. The zero-order valence-corrected chi connectivity index (χ0v) is 16.6. The molecular weight excluding hydrogens is 364 g/mol. The molecule has 8 nitrogen and oxygen atoms in total. The molecule has 1 aromatic rings. The van der Waals surface area contributed by atoms with Crippen molar-refractivity contribution in [1.29, 1.82) is 0 Å². The number of anilines is 1. The Morgan fingerprint density at radius 1 is 1.07 bits per heavy atom. The molecule has 2 fully saturated rings. The Kier molecular flexibility index (Phi) is 6.41. The number of ether oxygens (including phenoxy) is 3. The highest BCUT2D eigenvalue weighted by Crippen LogP contribution is 2.42. The van der Waals surface area contributed by atoms with Crippen molar-refractivity contribution in [2.45, 2.75) is 44.2 Å². The highest BCUT2D eigenvalue weighted by atomic mass is 16.5. The molecule has 2 heterocycles. The Labute approximate surface area is 165 Å². The second kappa shape index (κ2) is 8.79. The second-order valence-corrected chi connectivity index (χ2v) is 7.07. The zero-order valence-electron chi connectivity index (χ0n) is 16.6. The van der Waals surface area contributed by atoms with E-state index in [-0.39, 0.29) is 30.9 Å². The number of aliphatic hydroxyl groups is 1. The van der Waals surface area contributed by atoms with Crippen LogP contribution in [0.15, 0.2) is 12.1 Å². The molecular formula is C20H28N2O6. The van der Waals surface area contributed by atoms with E-state index in [9.17, 15) is 14.7 Å². The lowest BCUT2D eigenvalue weighted by Crippen LogP contribution is -2.50. The lowest BCUT2D eigenvalue weighted by Gasteiger charge is -2.38. The minimum Gasteiger partial charge on any atom is -0.493 e. The van der Waals surface area contributed by atoms with Gasteiger partial charge in [0, 0.05) is 24.8 Å². The van der Waals surface area contributed by atoms with E-state index in [1.54, 1.807) is 12.1 Å². The first-order valence-electron chi connectivity index (χ1n) is 9.59. The fourth-order valence-electron chi connectivity index (χ4n) is 4.23. The Balaban J connectivity index is 1.91. The molecule has 3 rings (SSSR count). The van der Waals surface area contributed by atoms with Crippen LogP contribution in [0.1, 0.15) is 32.1 Å². The van der Waals surface area contributed by atoms with Crippen LogP contribution < -0.4 is 19.1 Å². The first-order valence-corrected chi connectivity index (χ1v) is 9.59. The van der Waals surface area contributed by atoms with Crippen molar-refractivity contribution in [3.05, 3.63) is 12.1 Å². The summed E-state index contributed by atoms with van der Waals surface area (Å²) in [7, 11) is 4.48. The molecule has 0 bridgehead atoms. The highest BCUT2D eigenvalue weighted by molar-refractivity contribution is 6.22. The number of aliphatic hydroxyl groups excluding tert-OH is 1. The van der Waals surface area contributed by atoms with Crippen molar-refractivity contribution in [2.75, 3.05) is 39.4 Å². The standard InChI is InChI=1S/C20H28N2O6/c1-26-16-10-14(11-17(27-2)19(16)28-3)22-18(24)12-15(20(22)25)21-8-5-4-6-13(21)7-9-23/h10-11,13,15,23H,4-9,12H2,1-3H3/t13-,15+/m1/s1. The number of carbonyl (C=O) groups is 2. The van der Waals surface area contributed by atoms with E-state index < -0.39 is 6.04 Å². The van der Waals surface area contributed by atoms with Crippen LogP contribution in [0.3, 0.4) is 0 Å². The third kappa shape index (κ3) is 3.66. The summed E-state index contributed by atoms with van der Waals surface area (Å²) in [5.41, 5.74) is 0.405. The van der Waals surface area contributed by atoms with Crippen LogP contribution in [0.4, 0.5) is 5.69 Å². The van der Waals surface area contributed by atoms with Crippen molar-refractivity contribution in [2.24, 2.45) is 0 Å². The number of piperidine rings is 1. The number of carbonyl (C=O) groups excluding carboxylic acids is 2. The van der Waals surface area contributed by atoms with E-state index in [1.807, 2.05) is 0 Å². The molecule has 28 heavy (non-hydrogen) atoms. The topological polar surface area (TPSA) is 88.5 Å². The number of rotatable bonds is 7. The van der Waals surface area contributed by atoms with Crippen molar-refractivity contribution >= 4 is 17.5 Å².